The second kappa shape index (κ2) is 4.44. The molecule has 102 valence electrons. The lowest BCUT2D eigenvalue weighted by Crippen LogP contribution is -2.32. The lowest BCUT2D eigenvalue weighted by molar-refractivity contribution is 0.0655. The lowest BCUT2D eigenvalue weighted by Gasteiger charge is -2.12. The molecule has 3 rings (SSSR count). The molecule has 2 amide bonds. The molecule has 2 N–H and O–H groups in total. The molecule has 0 spiro atoms. The standard InChI is InChI=1S/C13H13N5O2/c1-17-7-15-16-11(17)4-5-18-12(19)9-3-2-8(14)6-10(9)13(18)20/h2-3,6-7H,4-5,14H2,1H3. The summed E-state index contributed by atoms with van der Waals surface area (Å²) < 4.78 is 1.76. The van der Waals surface area contributed by atoms with Crippen molar-refractivity contribution in [3.8, 4) is 0 Å². The number of rotatable bonds is 3. The van der Waals surface area contributed by atoms with Crippen LogP contribution in [-0.2, 0) is 13.5 Å². The van der Waals surface area contributed by atoms with Crippen molar-refractivity contribution in [2.24, 2.45) is 7.05 Å². The van der Waals surface area contributed by atoms with Crippen molar-refractivity contribution < 1.29 is 9.59 Å². The van der Waals surface area contributed by atoms with Gasteiger partial charge in [-0.2, -0.15) is 0 Å². The monoisotopic (exact) mass is 271 g/mol. The summed E-state index contributed by atoms with van der Waals surface area (Å²) in [4.78, 5) is 25.6. The second-order valence-corrected chi connectivity index (χ2v) is 4.68. The van der Waals surface area contributed by atoms with E-state index in [-0.39, 0.29) is 18.4 Å². The van der Waals surface area contributed by atoms with Gasteiger partial charge in [-0.3, -0.25) is 14.5 Å². The molecule has 0 saturated carbocycles. The number of imide groups is 1. The van der Waals surface area contributed by atoms with E-state index < -0.39 is 0 Å². The summed E-state index contributed by atoms with van der Waals surface area (Å²) >= 11 is 0. The smallest absolute Gasteiger partial charge is 0.261 e. The Labute approximate surface area is 115 Å². The summed E-state index contributed by atoms with van der Waals surface area (Å²) in [5.74, 6) is 0.132. The van der Waals surface area contributed by atoms with E-state index in [0.29, 0.717) is 23.2 Å². The minimum Gasteiger partial charge on any atom is -0.399 e. The predicted molar refractivity (Wildman–Crippen MR) is 70.9 cm³/mol. The molecule has 20 heavy (non-hydrogen) atoms. The molecular formula is C13H13N5O2. The molecule has 7 nitrogen and oxygen atoms in total. The third-order valence-electron chi connectivity index (χ3n) is 3.36. The average molecular weight is 271 g/mol. The minimum absolute atomic E-state index is 0.277. The van der Waals surface area contributed by atoms with Crippen LogP contribution in [0.4, 0.5) is 5.69 Å². The van der Waals surface area contributed by atoms with Crippen molar-refractivity contribution in [1.82, 2.24) is 19.7 Å². The summed E-state index contributed by atoms with van der Waals surface area (Å²) in [7, 11) is 1.82. The van der Waals surface area contributed by atoms with E-state index in [2.05, 4.69) is 10.2 Å². The second-order valence-electron chi connectivity index (χ2n) is 4.68. The largest absolute Gasteiger partial charge is 0.399 e. The zero-order chi connectivity index (χ0) is 14.3. The molecule has 0 saturated heterocycles. The number of fused-ring (bicyclic) bond motifs is 1. The molecule has 0 aliphatic carbocycles. The van der Waals surface area contributed by atoms with E-state index in [9.17, 15) is 9.59 Å². The minimum atomic E-state index is -0.306. The van der Waals surface area contributed by atoms with Crippen LogP contribution < -0.4 is 5.73 Å². The normalized spacial score (nSPS) is 13.9. The van der Waals surface area contributed by atoms with Gasteiger partial charge >= 0.3 is 0 Å². The molecule has 2 heterocycles. The lowest BCUT2D eigenvalue weighted by atomic mass is 10.1. The van der Waals surface area contributed by atoms with Gasteiger partial charge in [0.2, 0.25) is 0 Å². The summed E-state index contributed by atoms with van der Waals surface area (Å²) in [5, 5.41) is 7.70. The fraction of sp³-hybridized carbons (Fsp3) is 0.231. The van der Waals surface area contributed by atoms with Gasteiger partial charge in [0.05, 0.1) is 11.1 Å². The van der Waals surface area contributed by atoms with Crippen molar-refractivity contribution in [2.45, 2.75) is 6.42 Å². The number of aryl methyl sites for hydroxylation is 1. The summed E-state index contributed by atoms with van der Waals surface area (Å²) in [5.41, 5.74) is 6.90. The van der Waals surface area contributed by atoms with Gasteiger partial charge in [0.15, 0.2) is 0 Å². The Morgan fingerprint density at radius 2 is 1.95 bits per heavy atom. The first-order valence-electron chi connectivity index (χ1n) is 6.16. The number of aromatic nitrogens is 3. The van der Waals surface area contributed by atoms with Gasteiger partial charge in [0.25, 0.3) is 11.8 Å². The van der Waals surface area contributed by atoms with Crippen LogP contribution in [0.1, 0.15) is 26.5 Å². The molecule has 0 atom stereocenters. The van der Waals surface area contributed by atoms with Gasteiger partial charge in [-0.15, -0.1) is 10.2 Å². The van der Waals surface area contributed by atoms with Crippen LogP contribution in [0.25, 0.3) is 0 Å². The number of hydrogen-bond acceptors (Lipinski definition) is 5. The SMILES string of the molecule is Cn1cnnc1CCN1C(=O)c2ccc(N)cc2C1=O. The van der Waals surface area contributed by atoms with Crippen molar-refractivity contribution in [2.75, 3.05) is 12.3 Å². The van der Waals surface area contributed by atoms with Crippen LogP contribution in [0.2, 0.25) is 0 Å². The van der Waals surface area contributed by atoms with Crippen molar-refractivity contribution in [1.29, 1.82) is 0 Å². The maximum atomic E-state index is 12.2. The van der Waals surface area contributed by atoms with Gasteiger partial charge in [-0.05, 0) is 18.2 Å². The Morgan fingerprint density at radius 1 is 1.20 bits per heavy atom. The summed E-state index contributed by atoms with van der Waals surface area (Å²) in [6.07, 6.45) is 2.05. The molecule has 7 heteroatoms. The third-order valence-corrected chi connectivity index (χ3v) is 3.36. The van der Waals surface area contributed by atoms with E-state index in [0.717, 1.165) is 5.82 Å². The van der Waals surface area contributed by atoms with Crippen LogP contribution in [0, 0.1) is 0 Å². The van der Waals surface area contributed by atoms with Crippen molar-refractivity contribution >= 4 is 17.5 Å². The zero-order valence-corrected chi connectivity index (χ0v) is 10.9. The Morgan fingerprint density at radius 3 is 2.65 bits per heavy atom. The molecule has 2 aromatic rings. The third kappa shape index (κ3) is 1.83. The van der Waals surface area contributed by atoms with Gasteiger partial charge in [0.1, 0.15) is 12.2 Å². The van der Waals surface area contributed by atoms with Crippen LogP contribution in [0.5, 0.6) is 0 Å². The molecule has 0 unspecified atom stereocenters. The highest BCUT2D eigenvalue weighted by atomic mass is 16.2. The van der Waals surface area contributed by atoms with Gasteiger partial charge in [-0.1, -0.05) is 0 Å². The first kappa shape index (κ1) is 12.3. The number of hydrogen-bond donors (Lipinski definition) is 1. The van der Waals surface area contributed by atoms with E-state index in [4.69, 9.17) is 5.73 Å². The maximum Gasteiger partial charge on any atom is 0.261 e. The Kier molecular flexibility index (Phi) is 2.74. The molecular weight excluding hydrogens is 258 g/mol. The number of benzene rings is 1. The van der Waals surface area contributed by atoms with Crippen LogP contribution in [-0.4, -0.2) is 38.0 Å². The fourth-order valence-corrected chi connectivity index (χ4v) is 2.26. The molecule has 1 aromatic heterocycles. The Balaban J connectivity index is 1.81. The topological polar surface area (TPSA) is 94.1 Å². The highest BCUT2D eigenvalue weighted by molar-refractivity contribution is 6.21. The highest BCUT2D eigenvalue weighted by Crippen LogP contribution is 2.24. The highest BCUT2D eigenvalue weighted by Gasteiger charge is 2.35. The summed E-state index contributed by atoms with van der Waals surface area (Å²) in [6.45, 7) is 0.277. The number of nitrogen functional groups attached to an aromatic ring is 1. The molecule has 1 aromatic carbocycles. The number of anilines is 1. The van der Waals surface area contributed by atoms with Crippen LogP contribution in [0.3, 0.4) is 0 Å². The number of nitrogens with two attached hydrogens (primary N) is 1. The quantitative estimate of drug-likeness (QED) is 0.637. The molecule has 1 aliphatic rings. The van der Waals surface area contributed by atoms with Gasteiger partial charge in [-0.25, -0.2) is 0 Å². The molecule has 0 fully saturated rings. The van der Waals surface area contributed by atoms with Crippen molar-refractivity contribution in [3.05, 3.63) is 41.5 Å². The van der Waals surface area contributed by atoms with Crippen LogP contribution in [0.15, 0.2) is 24.5 Å². The number of carbonyl (C=O) groups is 2. The number of nitrogens with zero attached hydrogens (tertiary/aromatic N) is 4. The number of carbonyl (C=O) groups excluding carboxylic acids is 2. The molecule has 0 radical (unpaired) electrons. The maximum absolute atomic E-state index is 12.2. The van der Waals surface area contributed by atoms with Crippen molar-refractivity contribution in [3.63, 3.8) is 0 Å². The van der Waals surface area contributed by atoms with E-state index in [1.165, 1.54) is 11.0 Å². The predicted octanol–water partition coefficient (Wildman–Crippen LogP) is 0.236. The fourth-order valence-electron chi connectivity index (χ4n) is 2.26. The van der Waals surface area contributed by atoms with E-state index in [1.807, 2.05) is 7.05 Å². The number of amides is 2. The molecule has 1 aliphatic heterocycles. The Bertz CT molecular complexity index is 707. The average Bonchev–Trinajstić information content (AvgIpc) is 2.92. The van der Waals surface area contributed by atoms with Gasteiger partial charge < -0.3 is 10.3 Å². The van der Waals surface area contributed by atoms with E-state index >= 15 is 0 Å². The summed E-state index contributed by atoms with van der Waals surface area (Å²) in [6, 6.07) is 4.75. The first-order chi connectivity index (χ1) is 9.58. The molecule has 0 bridgehead atoms. The zero-order valence-electron chi connectivity index (χ0n) is 10.9. The van der Waals surface area contributed by atoms with E-state index in [1.54, 1.807) is 23.0 Å². The Hall–Kier alpha value is -2.70. The first-order valence-corrected chi connectivity index (χ1v) is 6.16. The van der Waals surface area contributed by atoms with Gasteiger partial charge in [0, 0.05) is 25.7 Å². The van der Waals surface area contributed by atoms with Crippen LogP contribution >= 0.6 is 0 Å².